The van der Waals surface area contributed by atoms with Gasteiger partial charge in [0, 0.05) is 29.6 Å². The molecule has 3 aliphatic rings. The quantitative estimate of drug-likeness (QED) is 0.345. The fourth-order valence-electron chi connectivity index (χ4n) is 5.88. The molecule has 3 aromatic rings. The average molecular weight is 528 g/mol. The van der Waals surface area contributed by atoms with Gasteiger partial charge >= 0.3 is 0 Å². The van der Waals surface area contributed by atoms with Crippen LogP contribution < -0.4 is 15.0 Å². The maximum absolute atomic E-state index is 14.7. The van der Waals surface area contributed by atoms with Crippen LogP contribution in [0.15, 0.2) is 43.2 Å². The number of carbonyl (C=O) groups is 1. The third kappa shape index (κ3) is 3.83. The number of aromatic nitrogens is 2. The Morgan fingerprint density at radius 2 is 1.94 bits per heavy atom. The van der Waals surface area contributed by atoms with Crippen molar-refractivity contribution in [3.05, 3.63) is 59.1 Å². The number of ether oxygens (including phenoxy) is 1. The van der Waals surface area contributed by atoms with E-state index in [9.17, 15) is 9.18 Å². The number of nitrogens with one attached hydrogen (secondary N) is 1. The lowest BCUT2D eigenvalue weighted by Gasteiger charge is -2.45. The van der Waals surface area contributed by atoms with Gasteiger partial charge in [0.1, 0.15) is 24.5 Å². The summed E-state index contributed by atoms with van der Waals surface area (Å²) in [6, 6.07) is 7.70. The summed E-state index contributed by atoms with van der Waals surface area (Å²) in [7, 11) is 0. The van der Waals surface area contributed by atoms with Crippen LogP contribution in [0.4, 0.5) is 21.6 Å². The normalized spacial score (nSPS) is 22.8. The van der Waals surface area contributed by atoms with E-state index < -0.39 is 5.82 Å². The topological polar surface area (TPSA) is 70.6 Å². The molecule has 2 aromatic carbocycles. The molecule has 1 amide bonds. The van der Waals surface area contributed by atoms with Gasteiger partial charge in [-0.05, 0) is 50.0 Å². The Hall–Kier alpha value is -3.10. The fourth-order valence-corrected chi connectivity index (χ4v) is 6.19. The van der Waals surface area contributed by atoms with E-state index in [0.717, 1.165) is 49.1 Å². The van der Waals surface area contributed by atoms with Crippen LogP contribution in [-0.2, 0) is 4.79 Å². The highest BCUT2D eigenvalue weighted by molar-refractivity contribution is 6.42. The molecular weight excluding hydrogens is 504 g/mol. The molecule has 186 valence electrons. The zero-order valence-electron chi connectivity index (χ0n) is 19.4. The Morgan fingerprint density at radius 3 is 2.69 bits per heavy atom. The first-order valence-corrected chi connectivity index (χ1v) is 12.7. The van der Waals surface area contributed by atoms with E-state index in [1.807, 2.05) is 17.0 Å². The molecule has 7 nitrogen and oxygen atoms in total. The number of hydrogen-bond acceptors (Lipinski definition) is 6. The second-order valence-electron chi connectivity index (χ2n) is 9.41. The minimum Gasteiger partial charge on any atom is -0.489 e. The van der Waals surface area contributed by atoms with Gasteiger partial charge in [-0.1, -0.05) is 29.8 Å². The van der Waals surface area contributed by atoms with Crippen molar-refractivity contribution in [2.75, 3.05) is 23.4 Å². The van der Waals surface area contributed by atoms with Gasteiger partial charge in [0.25, 0.3) is 0 Å². The van der Waals surface area contributed by atoms with Crippen molar-refractivity contribution in [2.24, 2.45) is 0 Å². The van der Waals surface area contributed by atoms with E-state index in [4.69, 9.17) is 27.9 Å². The first kappa shape index (κ1) is 23.3. The molecule has 0 unspecified atom stereocenters. The van der Waals surface area contributed by atoms with Gasteiger partial charge < -0.3 is 19.9 Å². The summed E-state index contributed by atoms with van der Waals surface area (Å²) in [6.45, 7) is 5.00. The van der Waals surface area contributed by atoms with Crippen LogP contribution in [0.25, 0.3) is 10.9 Å². The standard InChI is InChI=1S/C26H24Cl2FN5O2/c1-2-23(35)34-14-3-4-15(34)10-16(9-14)33-7-8-36-22-12-20-17(11-21(22)33)26(31-13-30-20)32-19-6-5-18(27)24(28)25(19)29/h2,5-6,11-16H,1,3-4,7-10H2,(H,30,31,32)/t14-,15+,16-. The van der Waals surface area contributed by atoms with Crippen LogP contribution in [0.5, 0.6) is 5.75 Å². The summed E-state index contributed by atoms with van der Waals surface area (Å²) >= 11 is 11.9. The second-order valence-corrected chi connectivity index (χ2v) is 10.2. The number of carbonyl (C=O) groups excluding carboxylic acids is 1. The number of piperidine rings is 1. The monoisotopic (exact) mass is 527 g/mol. The lowest BCUT2D eigenvalue weighted by Crippen LogP contribution is -2.53. The SMILES string of the molecule is C=CC(=O)N1[C@@H]2CC[C@H]1C[C@H](N1CCOc3cc4ncnc(Nc5ccc(Cl)c(Cl)c5F)c4cc31)C2. The number of rotatable bonds is 4. The smallest absolute Gasteiger partial charge is 0.246 e. The Kier molecular flexibility index (Phi) is 5.88. The highest BCUT2D eigenvalue weighted by Crippen LogP contribution is 2.44. The van der Waals surface area contributed by atoms with Crippen molar-refractivity contribution in [3.63, 3.8) is 0 Å². The Balaban J connectivity index is 1.35. The van der Waals surface area contributed by atoms with Crippen molar-refractivity contribution < 1.29 is 13.9 Å². The van der Waals surface area contributed by atoms with E-state index in [1.165, 1.54) is 24.5 Å². The van der Waals surface area contributed by atoms with Gasteiger partial charge in [-0.25, -0.2) is 14.4 Å². The van der Waals surface area contributed by atoms with Crippen molar-refractivity contribution in [2.45, 2.75) is 43.8 Å². The molecule has 36 heavy (non-hydrogen) atoms. The van der Waals surface area contributed by atoms with E-state index in [-0.39, 0.29) is 39.8 Å². The number of amides is 1. The minimum absolute atomic E-state index is 0.0247. The van der Waals surface area contributed by atoms with Crippen LogP contribution in [0.1, 0.15) is 25.7 Å². The van der Waals surface area contributed by atoms with E-state index >= 15 is 0 Å². The molecule has 10 heteroatoms. The Labute approximate surface area is 217 Å². The lowest BCUT2D eigenvalue weighted by atomic mass is 9.94. The first-order chi connectivity index (χ1) is 17.4. The highest BCUT2D eigenvalue weighted by atomic mass is 35.5. The van der Waals surface area contributed by atoms with Crippen molar-refractivity contribution >= 4 is 57.2 Å². The number of halogens is 3. The predicted molar refractivity (Wildman–Crippen MR) is 139 cm³/mol. The lowest BCUT2D eigenvalue weighted by molar-refractivity contribution is -0.130. The number of nitrogens with zero attached hydrogens (tertiary/aromatic N) is 4. The maximum atomic E-state index is 14.7. The van der Waals surface area contributed by atoms with E-state index in [0.29, 0.717) is 17.9 Å². The number of hydrogen-bond donors (Lipinski definition) is 1. The molecule has 6 rings (SSSR count). The van der Waals surface area contributed by atoms with Gasteiger partial charge in [-0.3, -0.25) is 4.79 Å². The molecule has 3 atom stereocenters. The summed E-state index contributed by atoms with van der Waals surface area (Å²) in [5.41, 5.74) is 1.81. The summed E-state index contributed by atoms with van der Waals surface area (Å²) in [5.74, 6) is 0.597. The van der Waals surface area contributed by atoms with Crippen molar-refractivity contribution in [3.8, 4) is 5.75 Å². The Bertz CT molecular complexity index is 1370. The van der Waals surface area contributed by atoms with Crippen LogP contribution in [-0.4, -0.2) is 52.1 Å². The molecule has 0 aliphatic carbocycles. The van der Waals surface area contributed by atoms with Crippen LogP contribution in [0.3, 0.4) is 0 Å². The molecular formula is C26H24Cl2FN5O2. The molecule has 1 aromatic heterocycles. The van der Waals surface area contributed by atoms with Gasteiger partial charge in [-0.15, -0.1) is 0 Å². The van der Waals surface area contributed by atoms with E-state index in [2.05, 4.69) is 26.8 Å². The number of fused-ring (bicyclic) bond motifs is 4. The average Bonchev–Trinajstić information content (AvgIpc) is 3.16. The third-order valence-corrected chi connectivity index (χ3v) is 8.26. The number of anilines is 3. The second kappa shape index (κ2) is 9.09. The summed E-state index contributed by atoms with van der Waals surface area (Å²) < 4.78 is 20.7. The molecule has 0 saturated carbocycles. The largest absolute Gasteiger partial charge is 0.489 e. The Morgan fingerprint density at radius 1 is 1.17 bits per heavy atom. The highest BCUT2D eigenvalue weighted by Gasteiger charge is 2.44. The minimum atomic E-state index is -0.643. The van der Waals surface area contributed by atoms with E-state index in [1.54, 1.807) is 0 Å². The zero-order chi connectivity index (χ0) is 25.0. The van der Waals surface area contributed by atoms with Gasteiger partial charge in [0.05, 0.1) is 33.5 Å². The molecule has 1 N–H and O–H groups in total. The van der Waals surface area contributed by atoms with Crippen molar-refractivity contribution in [1.29, 1.82) is 0 Å². The molecule has 4 heterocycles. The molecule has 3 aliphatic heterocycles. The molecule has 0 radical (unpaired) electrons. The van der Waals surface area contributed by atoms with Crippen LogP contribution in [0.2, 0.25) is 10.0 Å². The van der Waals surface area contributed by atoms with Gasteiger partial charge in [-0.2, -0.15) is 0 Å². The zero-order valence-corrected chi connectivity index (χ0v) is 20.9. The summed E-state index contributed by atoms with van der Waals surface area (Å²) in [4.78, 5) is 25.6. The predicted octanol–water partition coefficient (Wildman–Crippen LogP) is 5.73. The molecule has 2 fully saturated rings. The molecule has 2 saturated heterocycles. The van der Waals surface area contributed by atoms with Crippen LogP contribution in [0, 0.1) is 5.82 Å². The van der Waals surface area contributed by atoms with Gasteiger partial charge in [0.15, 0.2) is 5.82 Å². The van der Waals surface area contributed by atoms with Crippen molar-refractivity contribution in [1.82, 2.24) is 14.9 Å². The molecule has 0 spiro atoms. The summed E-state index contributed by atoms with van der Waals surface area (Å²) in [6.07, 6.45) is 6.70. The fraction of sp³-hybridized carbons (Fsp3) is 0.346. The third-order valence-electron chi connectivity index (χ3n) is 7.48. The summed E-state index contributed by atoms with van der Waals surface area (Å²) in [5, 5.41) is 3.78. The first-order valence-electron chi connectivity index (χ1n) is 12.0. The maximum Gasteiger partial charge on any atom is 0.246 e. The van der Waals surface area contributed by atoms with Gasteiger partial charge in [0.2, 0.25) is 5.91 Å². The molecule has 2 bridgehead atoms. The van der Waals surface area contributed by atoms with Crippen LogP contribution >= 0.6 is 23.2 Å². The number of benzene rings is 2.